The van der Waals surface area contributed by atoms with Crippen LogP contribution in [0.15, 0.2) is 48.5 Å². The van der Waals surface area contributed by atoms with E-state index in [-0.39, 0.29) is 35.5 Å². The van der Waals surface area contributed by atoms with Crippen molar-refractivity contribution in [3.8, 4) is 0 Å². The first-order valence-electron chi connectivity index (χ1n) is 9.09. The van der Waals surface area contributed by atoms with Crippen LogP contribution in [-0.4, -0.2) is 40.6 Å². The van der Waals surface area contributed by atoms with Crippen molar-refractivity contribution in [1.29, 1.82) is 0 Å². The maximum atomic E-state index is 13.5. The van der Waals surface area contributed by atoms with Crippen molar-refractivity contribution >= 4 is 17.7 Å². The summed E-state index contributed by atoms with van der Waals surface area (Å²) in [6.07, 6.45) is 0. The minimum Gasteiger partial charge on any atom is -0.325 e. The van der Waals surface area contributed by atoms with Gasteiger partial charge in [-0.15, -0.1) is 11.8 Å². The number of amides is 1. The molecule has 0 bridgehead atoms. The van der Waals surface area contributed by atoms with Gasteiger partial charge < -0.3 is 4.90 Å². The molecule has 0 saturated carbocycles. The number of nitrogens with zero attached hydrogens (tertiary/aromatic N) is 2. The van der Waals surface area contributed by atoms with E-state index in [1.165, 1.54) is 24.3 Å². The van der Waals surface area contributed by atoms with Crippen LogP contribution in [0.4, 0.5) is 8.78 Å². The third-order valence-electron chi connectivity index (χ3n) is 4.71. The first-order chi connectivity index (χ1) is 12.9. The molecule has 6 heteroatoms. The lowest BCUT2D eigenvalue weighted by Crippen LogP contribution is -2.42. The van der Waals surface area contributed by atoms with E-state index in [0.717, 1.165) is 16.9 Å². The Hall–Kier alpha value is -1.92. The van der Waals surface area contributed by atoms with Crippen molar-refractivity contribution < 1.29 is 13.6 Å². The van der Waals surface area contributed by atoms with Crippen molar-refractivity contribution in [1.82, 2.24) is 9.80 Å². The van der Waals surface area contributed by atoms with Crippen LogP contribution in [0.2, 0.25) is 0 Å². The van der Waals surface area contributed by atoms with E-state index >= 15 is 0 Å². The van der Waals surface area contributed by atoms with Crippen molar-refractivity contribution in [2.45, 2.75) is 31.8 Å². The minimum atomic E-state index is -0.277. The van der Waals surface area contributed by atoms with E-state index in [2.05, 4.69) is 0 Å². The molecule has 1 amide bonds. The molecule has 0 aromatic heterocycles. The number of hydrogen-bond acceptors (Lipinski definition) is 3. The maximum absolute atomic E-state index is 13.5. The summed E-state index contributed by atoms with van der Waals surface area (Å²) in [5.74, 6) is 0.356. The van der Waals surface area contributed by atoms with E-state index < -0.39 is 0 Å². The second kappa shape index (κ2) is 8.85. The molecule has 0 spiro atoms. The second-order valence-electron chi connectivity index (χ2n) is 6.99. The summed E-state index contributed by atoms with van der Waals surface area (Å²) in [5.41, 5.74) is 1.79. The Morgan fingerprint density at radius 2 is 1.93 bits per heavy atom. The van der Waals surface area contributed by atoms with E-state index in [4.69, 9.17) is 0 Å². The van der Waals surface area contributed by atoms with Gasteiger partial charge in [0.15, 0.2) is 0 Å². The van der Waals surface area contributed by atoms with Gasteiger partial charge in [0, 0.05) is 24.9 Å². The molecule has 0 unspecified atom stereocenters. The van der Waals surface area contributed by atoms with Crippen LogP contribution < -0.4 is 0 Å². The molecular formula is C21H24F2N2OS. The summed E-state index contributed by atoms with van der Waals surface area (Å²) in [6, 6.07) is 13.0. The number of rotatable bonds is 6. The third-order valence-corrected chi connectivity index (χ3v) is 5.97. The van der Waals surface area contributed by atoms with Crippen LogP contribution in [0.3, 0.4) is 0 Å². The van der Waals surface area contributed by atoms with Crippen molar-refractivity contribution in [3.63, 3.8) is 0 Å². The first-order valence-corrected chi connectivity index (χ1v) is 10.1. The number of hydrogen-bond donors (Lipinski definition) is 0. The molecule has 27 heavy (non-hydrogen) atoms. The molecule has 2 aromatic carbocycles. The molecule has 1 saturated heterocycles. The Kier molecular flexibility index (Phi) is 6.50. The summed E-state index contributed by atoms with van der Waals surface area (Å²) in [5, 5.41) is -0.0821. The van der Waals surface area contributed by atoms with Crippen molar-refractivity contribution in [2.24, 2.45) is 0 Å². The Bertz CT molecular complexity index is 782. The number of benzene rings is 2. The van der Waals surface area contributed by atoms with Crippen molar-refractivity contribution in [2.75, 3.05) is 18.8 Å². The average molecular weight is 390 g/mol. The van der Waals surface area contributed by atoms with Gasteiger partial charge in [0.05, 0.1) is 6.54 Å². The lowest BCUT2D eigenvalue weighted by molar-refractivity contribution is -0.133. The third kappa shape index (κ3) is 5.08. The molecule has 1 heterocycles. The number of halogens is 2. The first kappa shape index (κ1) is 19.8. The van der Waals surface area contributed by atoms with Gasteiger partial charge in [0.25, 0.3) is 0 Å². The van der Waals surface area contributed by atoms with Gasteiger partial charge in [-0.2, -0.15) is 0 Å². The molecule has 3 rings (SSSR count). The fraction of sp³-hybridized carbons (Fsp3) is 0.381. The van der Waals surface area contributed by atoms with Gasteiger partial charge in [0.2, 0.25) is 5.91 Å². The average Bonchev–Trinajstić information content (AvgIpc) is 3.11. The monoisotopic (exact) mass is 390 g/mol. The molecular weight excluding hydrogens is 366 g/mol. The zero-order valence-corrected chi connectivity index (χ0v) is 16.4. The van der Waals surface area contributed by atoms with Crippen LogP contribution in [0.5, 0.6) is 0 Å². The molecule has 144 valence electrons. The highest BCUT2D eigenvalue weighted by Gasteiger charge is 2.31. The molecule has 0 radical (unpaired) electrons. The van der Waals surface area contributed by atoms with Crippen LogP contribution in [0, 0.1) is 11.6 Å². The van der Waals surface area contributed by atoms with Crippen LogP contribution in [0.1, 0.15) is 30.3 Å². The Labute approximate surface area is 163 Å². The second-order valence-corrected chi connectivity index (χ2v) is 8.18. The molecule has 0 N–H and O–H groups in total. The van der Waals surface area contributed by atoms with Crippen molar-refractivity contribution in [3.05, 3.63) is 71.3 Å². The number of carbonyl (C=O) groups is 1. The highest BCUT2D eigenvalue weighted by molar-refractivity contribution is 7.99. The molecule has 0 aliphatic carbocycles. The molecule has 1 atom stereocenters. The summed E-state index contributed by atoms with van der Waals surface area (Å²) < 4.78 is 26.7. The Morgan fingerprint density at radius 1 is 1.19 bits per heavy atom. The van der Waals surface area contributed by atoms with E-state index in [9.17, 15) is 13.6 Å². The number of carbonyl (C=O) groups excluding carboxylic acids is 1. The van der Waals surface area contributed by atoms with Crippen LogP contribution in [-0.2, 0) is 11.3 Å². The molecule has 1 aliphatic heterocycles. The van der Waals surface area contributed by atoms with Gasteiger partial charge in [-0.05, 0) is 49.2 Å². The molecule has 1 fully saturated rings. The molecule has 3 nitrogen and oxygen atoms in total. The number of thioether (sulfide) groups is 1. The summed E-state index contributed by atoms with van der Waals surface area (Å²) in [4.78, 5) is 16.9. The largest absolute Gasteiger partial charge is 0.325 e. The smallest absolute Gasteiger partial charge is 0.237 e. The van der Waals surface area contributed by atoms with Gasteiger partial charge >= 0.3 is 0 Å². The highest BCUT2D eigenvalue weighted by atomic mass is 32.2. The molecule has 1 aliphatic rings. The van der Waals surface area contributed by atoms with Gasteiger partial charge in [-0.25, -0.2) is 8.78 Å². The van der Waals surface area contributed by atoms with Gasteiger partial charge in [0.1, 0.15) is 17.0 Å². The predicted octanol–water partition coefficient (Wildman–Crippen LogP) is 4.45. The van der Waals surface area contributed by atoms with E-state index in [1.807, 2.05) is 29.7 Å². The topological polar surface area (TPSA) is 23.6 Å². The fourth-order valence-electron chi connectivity index (χ4n) is 3.18. The Balaban J connectivity index is 1.70. The van der Waals surface area contributed by atoms with Crippen LogP contribution >= 0.6 is 11.8 Å². The SMILES string of the molecule is CC(C)N(CC(=O)N1CCS[C@@H]1c1ccc(F)cc1)Cc1cccc(F)c1. The summed E-state index contributed by atoms with van der Waals surface area (Å²) in [6.45, 7) is 5.53. The lowest BCUT2D eigenvalue weighted by atomic mass is 10.1. The highest BCUT2D eigenvalue weighted by Crippen LogP contribution is 2.38. The quantitative estimate of drug-likeness (QED) is 0.728. The maximum Gasteiger partial charge on any atom is 0.237 e. The predicted molar refractivity (Wildman–Crippen MR) is 105 cm³/mol. The van der Waals surface area contributed by atoms with Crippen LogP contribution in [0.25, 0.3) is 0 Å². The summed E-state index contributed by atoms with van der Waals surface area (Å²) >= 11 is 1.69. The van der Waals surface area contributed by atoms with Gasteiger partial charge in [-0.1, -0.05) is 24.3 Å². The lowest BCUT2D eigenvalue weighted by Gasteiger charge is -2.30. The van der Waals surface area contributed by atoms with E-state index in [1.54, 1.807) is 30.0 Å². The van der Waals surface area contributed by atoms with Gasteiger partial charge in [-0.3, -0.25) is 9.69 Å². The Morgan fingerprint density at radius 3 is 2.59 bits per heavy atom. The summed E-state index contributed by atoms with van der Waals surface area (Å²) in [7, 11) is 0. The zero-order chi connectivity index (χ0) is 19.4. The minimum absolute atomic E-state index is 0.0411. The zero-order valence-electron chi connectivity index (χ0n) is 15.6. The van der Waals surface area contributed by atoms with E-state index in [0.29, 0.717) is 13.1 Å². The molecule has 2 aromatic rings. The normalized spacial score (nSPS) is 17.1. The standard InChI is InChI=1S/C21H24F2N2OS/c1-15(2)24(13-16-4-3-5-19(23)12-16)14-20(26)25-10-11-27-21(25)17-6-8-18(22)9-7-17/h3-9,12,15,21H,10-11,13-14H2,1-2H3/t21-/m1/s1. The fourth-order valence-corrected chi connectivity index (χ4v) is 4.46.